The predicted molar refractivity (Wildman–Crippen MR) is 40.9 cm³/mol. The third-order valence-electron chi connectivity index (χ3n) is 0.568. The minimum atomic E-state index is -1.12. The Kier molecular flexibility index (Phi) is 4.14. The van der Waals surface area contributed by atoms with Gasteiger partial charge in [-0.15, -0.1) is 0 Å². The minimum Gasteiger partial charge on any atom is -0.477 e. The number of carbonyl (C=O) groups is 1. The molecule has 0 aromatic carbocycles. The minimum absolute atomic E-state index is 0.275. The molecule has 56 valence electrons. The van der Waals surface area contributed by atoms with E-state index in [2.05, 4.69) is 28.1 Å². The molecule has 0 saturated carbocycles. The predicted octanol–water partition coefficient (Wildman–Crippen LogP) is -0.849. The van der Waals surface area contributed by atoms with Gasteiger partial charge in [-0.25, -0.2) is 4.79 Å². The SMILES string of the molecule is CNC(=S)NN=CC(=O)O. The lowest BCUT2D eigenvalue weighted by Crippen LogP contribution is -2.28. The summed E-state index contributed by atoms with van der Waals surface area (Å²) in [6.45, 7) is 0. The first kappa shape index (κ1) is 8.83. The first-order valence-corrected chi connectivity index (χ1v) is 2.81. The zero-order valence-electron chi connectivity index (χ0n) is 5.29. The highest BCUT2D eigenvalue weighted by atomic mass is 32.1. The number of aliphatic carboxylic acids is 1. The van der Waals surface area contributed by atoms with E-state index in [1.807, 2.05) is 0 Å². The van der Waals surface area contributed by atoms with Crippen LogP contribution in [0.3, 0.4) is 0 Å². The molecule has 0 aromatic heterocycles. The number of hydrazone groups is 1. The Morgan fingerprint density at radius 3 is 2.80 bits per heavy atom. The number of rotatable bonds is 2. The van der Waals surface area contributed by atoms with E-state index in [9.17, 15) is 4.79 Å². The van der Waals surface area contributed by atoms with Crippen molar-refractivity contribution in [2.24, 2.45) is 5.10 Å². The monoisotopic (exact) mass is 161 g/mol. The second kappa shape index (κ2) is 4.68. The van der Waals surface area contributed by atoms with E-state index in [1.165, 1.54) is 0 Å². The summed E-state index contributed by atoms with van der Waals surface area (Å²) < 4.78 is 0. The molecule has 0 atom stereocenters. The van der Waals surface area contributed by atoms with Crippen molar-refractivity contribution >= 4 is 29.5 Å². The number of hydrogen-bond acceptors (Lipinski definition) is 3. The van der Waals surface area contributed by atoms with Gasteiger partial charge in [0.2, 0.25) is 0 Å². The van der Waals surface area contributed by atoms with Gasteiger partial charge in [-0.05, 0) is 12.2 Å². The van der Waals surface area contributed by atoms with Crippen LogP contribution in [0.4, 0.5) is 0 Å². The summed E-state index contributed by atoms with van der Waals surface area (Å²) in [4.78, 5) is 9.82. The number of thiocarbonyl (C=S) groups is 1. The van der Waals surface area contributed by atoms with Crippen LogP contribution in [0.1, 0.15) is 0 Å². The lowest BCUT2D eigenvalue weighted by molar-refractivity contribution is -0.128. The Morgan fingerprint density at radius 2 is 2.40 bits per heavy atom. The number of hydrogen-bond donors (Lipinski definition) is 3. The summed E-state index contributed by atoms with van der Waals surface area (Å²) in [7, 11) is 1.60. The second-order valence-corrected chi connectivity index (χ2v) is 1.70. The average molecular weight is 161 g/mol. The molecule has 0 aliphatic carbocycles. The highest BCUT2D eigenvalue weighted by Crippen LogP contribution is 1.62. The highest BCUT2D eigenvalue weighted by Gasteiger charge is 1.87. The van der Waals surface area contributed by atoms with Crippen LogP contribution in [0, 0.1) is 0 Å². The van der Waals surface area contributed by atoms with Crippen LogP contribution in [0.2, 0.25) is 0 Å². The van der Waals surface area contributed by atoms with Crippen molar-refractivity contribution < 1.29 is 9.90 Å². The van der Waals surface area contributed by atoms with Crippen molar-refractivity contribution in [1.82, 2.24) is 10.7 Å². The van der Waals surface area contributed by atoms with Crippen LogP contribution in [-0.4, -0.2) is 29.5 Å². The normalized spacial score (nSPS) is 9.30. The molecule has 0 radical (unpaired) electrons. The summed E-state index contributed by atoms with van der Waals surface area (Å²) in [6, 6.07) is 0. The van der Waals surface area contributed by atoms with Crippen molar-refractivity contribution in [3.8, 4) is 0 Å². The highest BCUT2D eigenvalue weighted by molar-refractivity contribution is 7.80. The molecule has 0 aliphatic rings. The smallest absolute Gasteiger partial charge is 0.348 e. The molecule has 10 heavy (non-hydrogen) atoms. The van der Waals surface area contributed by atoms with E-state index in [0.29, 0.717) is 6.21 Å². The van der Waals surface area contributed by atoms with Gasteiger partial charge in [0.1, 0.15) is 6.21 Å². The molecule has 6 heteroatoms. The third-order valence-corrected chi connectivity index (χ3v) is 0.864. The molecule has 0 rings (SSSR count). The summed E-state index contributed by atoms with van der Waals surface area (Å²) >= 11 is 4.58. The molecular formula is C4H7N3O2S. The molecular weight excluding hydrogens is 154 g/mol. The van der Waals surface area contributed by atoms with Crippen LogP contribution in [0.5, 0.6) is 0 Å². The van der Waals surface area contributed by atoms with Crippen LogP contribution in [0.25, 0.3) is 0 Å². The molecule has 0 bridgehead atoms. The Balaban J connectivity index is 3.53. The quantitative estimate of drug-likeness (QED) is 0.279. The second-order valence-electron chi connectivity index (χ2n) is 1.29. The van der Waals surface area contributed by atoms with E-state index in [-0.39, 0.29) is 5.11 Å². The first-order valence-electron chi connectivity index (χ1n) is 2.40. The largest absolute Gasteiger partial charge is 0.477 e. The van der Waals surface area contributed by atoms with Crippen LogP contribution in [-0.2, 0) is 4.79 Å². The number of carboxylic acids is 1. The maximum absolute atomic E-state index is 9.82. The third kappa shape index (κ3) is 4.98. The molecule has 0 fully saturated rings. The lowest BCUT2D eigenvalue weighted by Gasteiger charge is -1.97. The summed E-state index contributed by atoms with van der Waals surface area (Å²) in [6.07, 6.45) is 0.712. The van der Waals surface area contributed by atoms with Crippen molar-refractivity contribution in [1.29, 1.82) is 0 Å². The van der Waals surface area contributed by atoms with Crippen molar-refractivity contribution in [2.75, 3.05) is 7.05 Å². The van der Waals surface area contributed by atoms with Crippen molar-refractivity contribution in [3.63, 3.8) is 0 Å². The van der Waals surface area contributed by atoms with E-state index < -0.39 is 5.97 Å². The number of nitrogens with one attached hydrogen (secondary N) is 2. The Labute approximate surface area is 63.1 Å². The van der Waals surface area contributed by atoms with Gasteiger partial charge in [0.05, 0.1) is 0 Å². The molecule has 3 N–H and O–H groups in total. The summed E-state index contributed by atoms with van der Waals surface area (Å²) in [5.74, 6) is -1.12. The van der Waals surface area contributed by atoms with Gasteiger partial charge in [-0.1, -0.05) is 0 Å². The molecule has 0 amide bonds. The Hall–Kier alpha value is -1.17. The van der Waals surface area contributed by atoms with Gasteiger partial charge < -0.3 is 10.4 Å². The van der Waals surface area contributed by atoms with Gasteiger partial charge >= 0.3 is 5.97 Å². The fraction of sp³-hybridized carbons (Fsp3) is 0.250. The van der Waals surface area contributed by atoms with Gasteiger partial charge in [-0.2, -0.15) is 5.10 Å². The molecule has 0 saturated heterocycles. The molecule has 0 spiro atoms. The van der Waals surface area contributed by atoms with Gasteiger partial charge in [-0.3, -0.25) is 5.43 Å². The molecule has 0 aromatic rings. The number of nitrogens with zero attached hydrogens (tertiary/aromatic N) is 1. The lowest BCUT2D eigenvalue weighted by atomic mass is 10.8. The topological polar surface area (TPSA) is 73.7 Å². The molecule has 0 unspecified atom stereocenters. The van der Waals surface area contributed by atoms with Gasteiger partial charge in [0, 0.05) is 7.05 Å². The first-order chi connectivity index (χ1) is 4.66. The van der Waals surface area contributed by atoms with E-state index >= 15 is 0 Å². The van der Waals surface area contributed by atoms with Crippen molar-refractivity contribution in [3.05, 3.63) is 0 Å². The molecule has 0 heterocycles. The standard InChI is InChI=1S/C4H7N3O2S/c1-5-4(10)7-6-2-3(8)9/h2H,1H3,(H,8,9)(H2,5,7,10). The fourth-order valence-electron chi connectivity index (χ4n) is 0.202. The maximum Gasteiger partial charge on any atom is 0.348 e. The maximum atomic E-state index is 9.82. The Bertz CT molecular complexity index is 168. The zero-order chi connectivity index (χ0) is 7.98. The summed E-state index contributed by atoms with van der Waals surface area (Å²) in [5, 5.41) is 14.1. The number of carboxylic acid groups (broad SMARTS) is 1. The zero-order valence-corrected chi connectivity index (χ0v) is 6.10. The Morgan fingerprint density at radius 1 is 1.80 bits per heavy atom. The molecule has 0 aliphatic heterocycles. The van der Waals surface area contributed by atoms with E-state index in [0.717, 1.165) is 0 Å². The van der Waals surface area contributed by atoms with Gasteiger partial charge in [0.15, 0.2) is 5.11 Å². The van der Waals surface area contributed by atoms with E-state index in [1.54, 1.807) is 7.05 Å². The molecule has 5 nitrogen and oxygen atoms in total. The fourth-order valence-corrected chi connectivity index (χ4v) is 0.255. The van der Waals surface area contributed by atoms with Crippen LogP contribution < -0.4 is 10.7 Å². The summed E-state index contributed by atoms with van der Waals surface area (Å²) in [5.41, 5.74) is 2.27. The van der Waals surface area contributed by atoms with Crippen LogP contribution in [0.15, 0.2) is 5.10 Å². The average Bonchev–Trinajstić information content (AvgIpc) is 1.87. The van der Waals surface area contributed by atoms with E-state index in [4.69, 9.17) is 5.11 Å². The van der Waals surface area contributed by atoms with Crippen molar-refractivity contribution in [2.45, 2.75) is 0 Å². The van der Waals surface area contributed by atoms with Gasteiger partial charge in [0.25, 0.3) is 0 Å². The van der Waals surface area contributed by atoms with Crippen LogP contribution >= 0.6 is 12.2 Å².